The van der Waals surface area contributed by atoms with E-state index in [0.29, 0.717) is 33.9 Å². The van der Waals surface area contributed by atoms with E-state index in [2.05, 4.69) is 32.9 Å². The Kier molecular flexibility index (Phi) is 13.1. The van der Waals surface area contributed by atoms with Gasteiger partial charge in [0.2, 0.25) is 0 Å². The Hall–Kier alpha value is -7.14. The Morgan fingerprint density at radius 2 is 1.08 bits per heavy atom. The fourth-order valence-electron chi connectivity index (χ4n) is 5.79. The van der Waals surface area contributed by atoms with Crippen LogP contribution < -0.4 is 18.9 Å². The van der Waals surface area contributed by atoms with Gasteiger partial charge in [-0.05, 0) is 121 Å². The van der Waals surface area contributed by atoms with Crippen molar-refractivity contribution >= 4 is 39.5 Å². The molecule has 0 aliphatic heterocycles. The van der Waals surface area contributed by atoms with E-state index in [-0.39, 0.29) is 62.0 Å². The standard InChI is InChI=1S/C48H41F3O8/c1-11-12-32-17-30-13-14-31-18-37(44(59-48(54)28(8)9)22-35(31)34(30)21-41(32)58-47(53)27(6)7)38-24-43(57-29(10)25(2)3)36(33-19-39(49)45(51)40(50)20-33)23-42(38)55-15-16-56-46(52)26(4)5/h13-24H,2,4,6,8,10-12H2,1,3,5,7,9H3. The van der Waals surface area contributed by atoms with E-state index < -0.39 is 35.4 Å². The first-order valence-electron chi connectivity index (χ1n) is 18.2. The molecule has 0 spiro atoms. The highest BCUT2D eigenvalue weighted by molar-refractivity contribution is 6.11. The lowest BCUT2D eigenvalue weighted by Crippen LogP contribution is -2.10. The van der Waals surface area contributed by atoms with Crippen LogP contribution >= 0.6 is 0 Å². The zero-order chi connectivity index (χ0) is 43.3. The molecule has 59 heavy (non-hydrogen) atoms. The van der Waals surface area contributed by atoms with E-state index in [0.717, 1.165) is 42.0 Å². The van der Waals surface area contributed by atoms with Crippen LogP contribution in [-0.2, 0) is 25.5 Å². The molecule has 0 atom stereocenters. The second kappa shape index (κ2) is 18.0. The van der Waals surface area contributed by atoms with Crippen LogP contribution in [0.2, 0.25) is 0 Å². The van der Waals surface area contributed by atoms with Crippen LogP contribution in [-0.4, -0.2) is 17.9 Å². The number of carbonyl (C=O) groups excluding carboxylic acids is 3. The highest BCUT2D eigenvalue weighted by Crippen LogP contribution is 2.47. The maximum Gasteiger partial charge on any atom is 0.338 e. The molecule has 0 aliphatic rings. The van der Waals surface area contributed by atoms with Gasteiger partial charge < -0.3 is 23.7 Å². The first-order valence-corrected chi connectivity index (χ1v) is 18.2. The van der Waals surface area contributed by atoms with Crippen LogP contribution in [0, 0.1) is 17.5 Å². The molecule has 11 heteroatoms. The Bertz CT molecular complexity index is 2650. The summed E-state index contributed by atoms with van der Waals surface area (Å²) in [5, 5.41) is 2.74. The van der Waals surface area contributed by atoms with Gasteiger partial charge in [-0.15, -0.1) is 0 Å². The summed E-state index contributed by atoms with van der Waals surface area (Å²) in [6, 6.07) is 15.2. The SMILES string of the molecule is C=C(C)C(=C)Oc1cc(-c2cc3ccc4cc(CCC)c(OC(=O)C(=C)C)cc4c3cc2OC(=O)C(=C)C)c(OC=COC(=O)C(=C)C)cc1-c1cc(F)c(F)c(F)c1. The highest BCUT2D eigenvalue weighted by Gasteiger charge is 2.24. The monoisotopic (exact) mass is 802 g/mol. The molecule has 0 saturated heterocycles. The largest absolute Gasteiger partial charge is 0.461 e. The number of allylic oxidation sites excluding steroid dienone is 1. The van der Waals surface area contributed by atoms with E-state index in [1.807, 2.05) is 25.1 Å². The second-order valence-electron chi connectivity index (χ2n) is 13.9. The molecule has 0 saturated carbocycles. The molecule has 0 bridgehead atoms. The van der Waals surface area contributed by atoms with Crippen molar-refractivity contribution in [3.63, 3.8) is 0 Å². The van der Waals surface area contributed by atoms with Crippen molar-refractivity contribution < 1.29 is 51.2 Å². The molecule has 302 valence electrons. The Balaban J connectivity index is 1.86. The number of esters is 3. The number of hydrogen-bond acceptors (Lipinski definition) is 8. The van der Waals surface area contributed by atoms with Crippen molar-refractivity contribution in [3.8, 4) is 45.3 Å². The number of hydrogen-bond donors (Lipinski definition) is 0. The molecule has 5 aromatic carbocycles. The topological polar surface area (TPSA) is 97.4 Å². The Labute approximate surface area is 339 Å². The maximum absolute atomic E-state index is 14.7. The fraction of sp³-hybridized carbons (Fsp3) is 0.146. The minimum absolute atomic E-state index is 0.0213. The van der Waals surface area contributed by atoms with Gasteiger partial charge in [-0.3, -0.25) is 0 Å². The maximum atomic E-state index is 14.7. The van der Waals surface area contributed by atoms with Crippen molar-refractivity contribution in [2.24, 2.45) is 0 Å². The van der Waals surface area contributed by atoms with Crippen molar-refractivity contribution in [2.45, 2.75) is 47.5 Å². The van der Waals surface area contributed by atoms with Gasteiger partial charge in [0.1, 0.15) is 41.3 Å². The van der Waals surface area contributed by atoms with Crippen LogP contribution in [0.25, 0.3) is 43.8 Å². The summed E-state index contributed by atoms with van der Waals surface area (Å²) >= 11 is 0. The molecule has 0 unspecified atom stereocenters. The van der Waals surface area contributed by atoms with Gasteiger partial charge in [-0.2, -0.15) is 0 Å². The minimum Gasteiger partial charge on any atom is -0.461 e. The molecule has 0 aliphatic carbocycles. The summed E-state index contributed by atoms with van der Waals surface area (Å²) in [7, 11) is 0. The summed E-state index contributed by atoms with van der Waals surface area (Å²) in [4.78, 5) is 38.0. The number of fused-ring (bicyclic) bond motifs is 3. The molecule has 8 nitrogen and oxygen atoms in total. The van der Waals surface area contributed by atoms with Crippen molar-refractivity contribution in [2.75, 3.05) is 0 Å². The molecular weight excluding hydrogens is 762 g/mol. The van der Waals surface area contributed by atoms with Gasteiger partial charge in [-0.1, -0.05) is 58.4 Å². The van der Waals surface area contributed by atoms with Crippen molar-refractivity contribution in [1.29, 1.82) is 0 Å². The lowest BCUT2D eigenvalue weighted by molar-refractivity contribution is -0.133. The molecule has 5 rings (SSSR count). The number of aryl methyl sites for hydroxylation is 1. The summed E-state index contributed by atoms with van der Waals surface area (Å²) in [5.74, 6) is -6.26. The van der Waals surface area contributed by atoms with Crippen molar-refractivity contribution in [3.05, 3.63) is 157 Å². The van der Waals surface area contributed by atoms with Gasteiger partial charge in [0, 0.05) is 33.4 Å². The molecular formula is C48H41F3O8. The van der Waals surface area contributed by atoms with Crippen LogP contribution in [0.1, 0.15) is 46.6 Å². The molecule has 5 aromatic rings. The summed E-state index contributed by atoms with van der Waals surface area (Å²) in [5.41, 5.74) is 2.02. The third-order valence-corrected chi connectivity index (χ3v) is 8.89. The van der Waals surface area contributed by atoms with Crippen LogP contribution in [0.5, 0.6) is 23.0 Å². The number of ether oxygens (including phenoxy) is 5. The van der Waals surface area contributed by atoms with Crippen LogP contribution in [0.4, 0.5) is 13.2 Å². The van der Waals surface area contributed by atoms with Crippen LogP contribution in [0.15, 0.2) is 134 Å². The fourth-order valence-corrected chi connectivity index (χ4v) is 5.79. The van der Waals surface area contributed by atoms with E-state index in [9.17, 15) is 27.6 Å². The predicted molar refractivity (Wildman–Crippen MR) is 222 cm³/mol. The summed E-state index contributed by atoms with van der Waals surface area (Å²) in [6.45, 7) is 26.9. The number of benzene rings is 5. The van der Waals surface area contributed by atoms with Gasteiger partial charge in [0.15, 0.2) is 17.5 Å². The average molecular weight is 803 g/mol. The van der Waals surface area contributed by atoms with Gasteiger partial charge in [0.05, 0.1) is 0 Å². The number of halogens is 3. The van der Waals surface area contributed by atoms with Crippen LogP contribution in [0.3, 0.4) is 0 Å². The molecule has 0 heterocycles. The van der Waals surface area contributed by atoms with E-state index in [1.54, 1.807) is 32.0 Å². The Morgan fingerprint density at radius 1 is 0.576 bits per heavy atom. The first kappa shape index (κ1) is 43.0. The highest BCUT2D eigenvalue weighted by atomic mass is 19.2. The van der Waals surface area contributed by atoms with Gasteiger partial charge >= 0.3 is 17.9 Å². The lowest BCUT2D eigenvalue weighted by Gasteiger charge is -2.20. The molecule has 0 amide bonds. The first-order chi connectivity index (χ1) is 27.9. The smallest absolute Gasteiger partial charge is 0.338 e. The third-order valence-electron chi connectivity index (χ3n) is 8.89. The minimum atomic E-state index is -1.67. The molecule has 0 fully saturated rings. The van der Waals surface area contributed by atoms with E-state index in [4.69, 9.17) is 23.7 Å². The summed E-state index contributed by atoms with van der Waals surface area (Å²) in [6.07, 6.45) is 3.42. The van der Waals surface area contributed by atoms with Crippen molar-refractivity contribution in [1.82, 2.24) is 0 Å². The zero-order valence-corrected chi connectivity index (χ0v) is 33.3. The van der Waals surface area contributed by atoms with Gasteiger partial charge in [0.25, 0.3) is 0 Å². The average Bonchev–Trinajstić information content (AvgIpc) is 3.18. The summed E-state index contributed by atoms with van der Waals surface area (Å²) < 4.78 is 72.5. The normalized spacial score (nSPS) is 11.0. The molecule has 0 aromatic heterocycles. The van der Waals surface area contributed by atoms with E-state index >= 15 is 0 Å². The number of rotatable bonds is 15. The zero-order valence-electron chi connectivity index (χ0n) is 33.3. The molecule has 0 radical (unpaired) electrons. The van der Waals surface area contributed by atoms with E-state index in [1.165, 1.54) is 26.0 Å². The lowest BCUT2D eigenvalue weighted by atomic mass is 9.93. The predicted octanol–water partition coefficient (Wildman–Crippen LogP) is 12.1. The quantitative estimate of drug-likeness (QED) is 0.0196. The number of carbonyl (C=O) groups is 3. The third kappa shape index (κ3) is 9.70. The Morgan fingerprint density at radius 3 is 1.64 bits per heavy atom. The molecule has 0 N–H and O–H groups in total. The van der Waals surface area contributed by atoms with Gasteiger partial charge in [-0.25, -0.2) is 27.6 Å². The second-order valence-corrected chi connectivity index (χ2v) is 13.9.